The summed E-state index contributed by atoms with van der Waals surface area (Å²) < 4.78 is 0. The van der Waals surface area contributed by atoms with Gasteiger partial charge >= 0.3 is 5.97 Å². The van der Waals surface area contributed by atoms with Crippen LogP contribution in [0.15, 0.2) is 35.2 Å². The van der Waals surface area contributed by atoms with Gasteiger partial charge < -0.3 is 10.0 Å². The van der Waals surface area contributed by atoms with Crippen molar-refractivity contribution in [2.75, 3.05) is 13.6 Å². The Morgan fingerprint density at radius 2 is 1.95 bits per heavy atom. The highest BCUT2D eigenvalue weighted by Crippen LogP contribution is 2.26. The zero-order chi connectivity index (χ0) is 14.3. The van der Waals surface area contributed by atoms with Gasteiger partial charge in [-0.3, -0.25) is 9.59 Å². The lowest BCUT2D eigenvalue weighted by atomic mass is 10.3. The molecule has 0 fully saturated rings. The molecule has 4 nitrogen and oxygen atoms in total. The largest absolute Gasteiger partial charge is 0.481 e. The van der Waals surface area contributed by atoms with Crippen LogP contribution < -0.4 is 0 Å². The van der Waals surface area contributed by atoms with E-state index in [-0.39, 0.29) is 24.1 Å². The van der Waals surface area contributed by atoms with E-state index in [9.17, 15) is 9.59 Å². The van der Waals surface area contributed by atoms with Crippen LogP contribution in [0.2, 0.25) is 0 Å². The lowest BCUT2D eigenvalue weighted by molar-refractivity contribution is -0.138. The van der Waals surface area contributed by atoms with Crippen molar-refractivity contribution >= 4 is 23.6 Å². The Hall–Kier alpha value is -1.49. The number of benzene rings is 1. The molecule has 1 aromatic rings. The zero-order valence-corrected chi connectivity index (χ0v) is 12.0. The van der Waals surface area contributed by atoms with Gasteiger partial charge in [-0.25, -0.2) is 0 Å². The molecule has 1 amide bonds. The van der Waals surface area contributed by atoms with Crippen molar-refractivity contribution in [2.45, 2.75) is 29.9 Å². The number of carbonyl (C=O) groups is 2. The third-order valence-electron chi connectivity index (χ3n) is 2.71. The second kappa shape index (κ2) is 7.84. The standard InChI is InChI=1S/C14H19NO3S/c1-3-12(19-11-7-5-4-6-8-11)14(18)15(2)10-9-13(16)17/h4-8,12H,3,9-10H2,1-2H3,(H,16,17). The summed E-state index contributed by atoms with van der Waals surface area (Å²) in [5, 5.41) is 8.47. The van der Waals surface area contributed by atoms with Crippen LogP contribution in [0.3, 0.4) is 0 Å². The predicted octanol–water partition coefficient (Wildman–Crippen LogP) is 2.49. The van der Waals surface area contributed by atoms with Crippen LogP contribution in [0.1, 0.15) is 19.8 Å². The van der Waals surface area contributed by atoms with Gasteiger partial charge in [-0.05, 0) is 18.6 Å². The first-order chi connectivity index (χ1) is 9.04. The van der Waals surface area contributed by atoms with Crippen LogP contribution in [0.5, 0.6) is 0 Å². The molecule has 0 aliphatic carbocycles. The van der Waals surface area contributed by atoms with Crippen LogP contribution in [0.25, 0.3) is 0 Å². The zero-order valence-electron chi connectivity index (χ0n) is 11.2. The van der Waals surface area contributed by atoms with Crippen molar-refractivity contribution < 1.29 is 14.7 Å². The Morgan fingerprint density at radius 1 is 1.32 bits per heavy atom. The quantitative estimate of drug-likeness (QED) is 0.780. The molecule has 0 saturated heterocycles. The summed E-state index contributed by atoms with van der Waals surface area (Å²) in [6.45, 7) is 2.21. The SMILES string of the molecule is CCC(Sc1ccccc1)C(=O)N(C)CCC(=O)O. The second-order valence-electron chi connectivity index (χ2n) is 4.23. The van der Waals surface area contributed by atoms with Crippen LogP contribution in [0.4, 0.5) is 0 Å². The van der Waals surface area contributed by atoms with E-state index in [1.165, 1.54) is 16.7 Å². The average molecular weight is 281 g/mol. The molecule has 5 heteroatoms. The Bertz CT molecular complexity index is 422. The molecule has 1 N–H and O–H groups in total. The van der Waals surface area contributed by atoms with Gasteiger partial charge in [0.15, 0.2) is 0 Å². The monoisotopic (exact) mass is 281 g/mol. The molecule has 0 aromatic heterocycles. The smallest absolute Gasteiger partial charge is 0.305 e. The fourth-order valence-corrected chi connectivity index (χ4v) is 2.68. The number of nitrogens with zero attached hydrogens (tertiary/aromatic N) is 1. The normalized spacial score (nSPS) is 11.9. The van der Waals surface area contributed by atoms with Crippen molar-refractivity contribution in [3.63, 3.8) is 0 Å². The third kappa shape index (κ3) is 5.34. The van der Waals surface area contributed by atoms with Gasteiger partial charge in [0.2, 0.25) is 5.91 Å². The minimum atomic E-state index is -0.886. The van der Waals surface area contributed by atoms with Crippen molar-refractivity contribution in [1.82, 2.24) is 4.90 Å². The first-order valence-corrected chi connectivity index (χ1v) is 7.11. The molecule has 0 spiro atoms. The highest BCUT2D eigenvalue weighted by molar-refractivity contribution is 8.00. The number of carboxylic acids is 1. The van der Waals surface area contributed by atoms with Gasteiger partial charge in [0.1, 0.15) is 0 Å². The van der Waals surface area contributed by atoms with Crippen molar-refractivity contribution in [3.05, 3.63) is 30.3 Å². The Labute approximate surface area is 117 Å². The van der Waals surface area contributed by atoms with E-state index in [2.05, 4.69) is 0 Å². The van der Waals surface area contributed by atoms with Gasteiger partial charge in [-0.15, -0.1) is 11.8 Å². The fraction of sp³-hybridized carbons (Fsp3) is 0.429. The van der Waals surface area contributed by atoms with Crippen LogP contribution in [-0.4, -0.2) is 40.7 Å². The molecule has 104 valence electrons. The van der Waals surface area contributed by atoms with Crippen molar-refractivity contribution in [2.24, 2.45) is 0 Å². The molecule has 19 heavy (non-hydrogen) atoms. The maximum Gasteiger partial charge on any atom is 0.305 e. The Kier molecular flexibility index (Phi) is 6.42. The first-order valence-electron chi connectivity index (χ1n) is 6.23. The Balaban J connectivity index is 2.58. The minimum absolute atomic E-state index is 0.0161. The van der Waals surface area contributed by atoms with Crippen LogP contribution in [-0.2, 0) is 9.59 Å². The number of thioether (sulfide) groups is 1. The van der Waals surface area contributed by atoms with Gasteiger partial charge in [-0.2, -0.15) is 0 Å². The van der Waals surface area contributed by atoms with E-state index in [0.717, 1.165) is 11.3 Å². The number of carbonyl (C=O) groups excluding carboxylic acids is 1. The summed E-state index contributed by atoms with van der Waals surface area (Å²) in [5.41, 5.74) is 0. The van der Waals surface area contributed by atoms with Crippen LogP contribution in [0, 0.1) is 0 Å². The molecule has 0 aliphatic rings. The number of rotatable bonds is 7. The molecule has 0 aliphatic heterocycles. The third-order valence-corrected chi connectivity index (χ3v) is 4.07. The van der Waals surface area contributed by atoms with E-state index in [1.807, 2.05) is 37.3 Å². The van der Waals surface area contributed by atoms with E-state index < -0.39 is 5.97 Å². The van der Waals surface area contributed by atoms with Crippen LogP contribution >= 0.6 is 11.8 Å². The van der Waals surface area contributed by atoms with Gasteiger partial charge in [0.25, 0.3) is 0 Å². The van der Waals surface area contributed by atoms with Gasteiger partial charge in [-0.1, -0.05) is 25.1 Å². The number of hydrogen-bond acceptors (Lipinski definition) is 3. The lowest BCUT2D eigenvalue weighted by Crippen LogP contribution is -2.35. The average Bonchev–Trinajstić information content (AvgIpc) is 2.42. The molecule has 1 unspecified atom stereocenters. The van der Waals surface area contributed by atoms with Gasteiger partial charge in [0.05, 0.1) is 11.7 Å². The maximum atomic E-state index is 12.2. The molecule has 1 aromatic carbocycles. The van der Waals surface area contributed by atoms with Crippen molar-refractivity contribution in [3.8, 4) is 0 Å². The van der Waals surface area contributed by atoms with E-state index >= 15 is 0 Å². The second-order valence-corrected chi connectivity index (χ2v) is 5.51. The summed E-state index contributed by atoms with van der Waals surface area (Å²) in [7, 11) is 1.65. The summed E-state index contributed by atoms with van der Waals surface area (Å²) in [6, 6.07) is 9.75. The molecule has 1 atom stereocenters. The summed E-state index contributed by atoms with van der Waals surface area (Å²) >= 11 is 1.52. The van der Waals surface area contributed by atoms with Gasteiger partial charge in [0, 0.05) is 18.5 Å². The number of hydrogen-bond donors (Lipinski definition) is 1. The lowest BCUT2D eigenvalue weighted by Gasteiger charge is -2.22. The number of amides is 1. The minimum Gasteiger partial charge on any atom is -0.481 e. The topological polar surface area (TPSA) is 57.6 Å². The summed E-state index contributed by atoms with van der Waals surface area (Å²) in [6.07, 6.45) is 0.699. The molecule has 1 rings (SSSR count). The number of aliphatic carboxylic acids is 1. The molecule has 0 saturated carbocycles. The molecule has 0 heterocycles. The number of carboxylic acid groups (broad SMARTS) is 1. The molecule has 0 radical (unpaired) electrons. The van der Waals surface area contributed by atoms with E-state index in [0.29, 0.717) is 0 Å². The Morgan fingerprint density at radius 3 is 2.47 bits per heavy atom. The van der Waals surface area contributed by atoms with Crippen molar-refractivity contribution in [1.29, 1.82) is 0 Å². The summed E-state index contributed by atoms with van der Waals surface area (Å²) in [5.74, 6) is -0.902. The molecular weight excluding hydrogens is 262 g/mol. The van der Waals surface area contributed by atoms with E-state index in [1.54, 1.807) is 7.05 Å². The maximum absolute atomic E-state index is 12.2. The highest BCUT2D eigenvalue weighted by Gasteiger charge is 2.21. The summed E-state index contributed by atoms with van der Waals surface area (Å²) in [4.78, 5) is 25.3. The molecule has 0 bridgehead atoms. The first kappa shape index (κ1) is 15.6. The predicted molar refractivity (Wildman–Crippen MR) is 76.3 cm³/mol. The molecular formula is C14H19NO3S. The van der Waals surface area contributed by atoms with E-state index in [4.69, 9.17) is 5.11 Å². The highest BCUT2D eigenvalue weighted by atomic mass is 32.2. The fourth-order valence-electron chi connectivity index (χ4n) is 1.59.